The Labute approximate surface area is 67.4 Å². The molecule has 3 heteroatoms. The van der Waals surface area contributed by atoms with Crippen molar-refractivity contribution in [3.8, 4) is 0 Å². The van der Waals surface area contributed by atoms with Gasteiger partial charge in [0.1, 0.15) is 6.17 Å². The minimum atomic E-state index is -0.0880. The first-order chi connectivity index (χ1) is 5.25. The maximum atomic E-state index is 5.76. The first kappa shape index (κ1) is 8.27. The van der Waals surface area contributed by atoms with Crippen molar-refractivity contribution in [3.63, 3.8) is 0 Å². The lowest BCUT2D eigenvalue weighted by molar-refractivity contribution is 0.656. The van der Waals surface area contributed by atoms with Crippen LogP contribution in [0.3, 0.4) is 0 Å². The monoisotopic (exact) mass is 153 g/mol. The van der Waals surface area contributed by atoms with E-state index in [0.717, 1.165) is 12.1 Å². The molecule has 0 aromatic heterocycles. The van der Waals surface area contributed by atoms with E-state index >= 15 is 0 Å². The van der Waals surface area contributed by atoms with Crippen molar-refractivity contribution in [1.82, 2.24) is 5.32 Å². The van der Waals surface area contributed by atoms with E-state index in [1.165, 1.54) is 0 Å². The van der Waals surface area contributed by atoms with Crippen molar-refractivity contribution in [2.45, 2.75) is 26.4 Å². The van der Waals surface area contributed by atoms with Gasteiger partial charge in [0.25, 0.3) is 0 Å². The Bertz CT molecular complexity index is 184. The summed E-state index contributed by atoms with van der Waals surface area (Å²) in [7, 11) is 0. The Hall–Kier alpha value is -0.830. The highest BCUT2D eigenvalue weighted by Gasteiger charge is 2.16. The van der Waals surface area contributed by atoms with Crippen molar-refractivity contribution in [2.24, 2.45) is 16.6 Å². The van der Waals surface area contributed by atoms with Crippen LogP contribution < -0.4 is 11.1 Å². The summed E-state index contributed by atoms with van der Waals surface area (Å²) in [5.74, 6) is 0.474. The molecule has 1 aliphatic rings. The minimum absolute atomic E-state index is 0.0880. The number of nitrogens with two attached hydrogens (primary N) is 1. The molecule has 3 nitrogen and oxygen atoms in total. The number of hydrogen-bond acceptors (Lipinski definition) is 3. The average Bonchev–Trinajstić information content (AvgIpc) is 2.04. The van der Waals surface area contributed by atoms with Crippen LogP contribution in [0.25, 0.3) is 0 Å². The molecule has 0 saturated heterocycles. The van der Waals surface area contributed by atoms with Gasteiger partial charge >= 0.3 is 0 Å². The fraction of sp³-hybridized carbons (Fsp3) is 0.625. The third-order valence-corrected chi connectivity index (χ3v) is 2.01. The molecule has 1 heterocycles. The molecule has 0 saturated carbocycles. The molecule has 62 valence electrons. The number of nitrogens with one attached hydrogen (secondary N) is 1. The van der Waals surface area contributed by atoms with Crippen molar-refractivity contribution in [2.75, 3.05) is 0 Å². The van der Waals surface area contributed by atoms with Crippen molar-refractivity contribution >= 4 is 5.71 Å². The molecule has 0 amide bonds. The number of aliphatic imine (C=N–C) groups is 1. The third-order valence-electron chi connectivity index (χ3n) is 2.01. The van der Waals surface area contributed by atoms with E-state index < -0.39 is 0 Å². The lowest BCUT2D eigenvalue weighted by Gasteiger charge is -2.21. The zero-order chi connectivity index (χ0) is 8.27. The van der Waals surface area contributed by atoms with E-state index in [4.69, 9.17) is 5.73 Å². The highest BCUT2D eigenvalue weighted by Crippen LogP contribution is 2.07. The largest absolute Gasteiger partial charge is 0.370 e. The van der Waals surface area contributed by atoms with Gasteiger partial charge in [0, 0.05) is 12.4 Å². The molecule has 11 heavy (non-hydrogen) atoms. The molecule has 0 aromatic rings. The maximum absolute atomic E-state index is 5.76. The second-order valence-electron chi connectivity index (χ2n) is 2.82. The molecule has 0 aliphatic carbocycles. The molecular formula is C8H15N3. The van der Waals surface area contributed by atoms with Crippen molar-refractivity contribution < 1.29 is 0 Å². The summed E-state index contributed by atoms with van der Waals surface area (Å²) in [6.07, 6.45) is 4.53. The van der Waals surface area contributed by atoms with Gasteiger partial charge in [-0.25, -0.2) is 0 Å². The molecular weight excluding hydrogens is 138 g/mol. The van der Waals surface area contributed by atoms with Crippen LogP contribution in [0.4, 0.5) is 0 Å². The summed E-state index contributed by atoms with van der Waals surface area (Å²) in [4.78, 5) is 4.23. The van der Waals surface area contributed by atoms with Gasteiger partial charge in [0.2, 0.25) is 0 Å². The van der Waals surface area contributed by atoms with Gasteiger partial charge in [-0.3, -0.25) is 4.99 Å². The van der Waals surface area contributed by atoms with E-state index in [2.05, 4.69) is 24.2 Å². The average molecular weight is 153 g/mol. The lowest BCUT2D eigenvalue weighted by atomic mass is 10.0. The van der Waals surface area contributed by atoms with Gasteiger partial charge in [-0.05, 0) is 12.3 Å². The van der Waals surface area contributed by atoms with E-state index in [1.54, 1.807) is 12.4 Å². The molecule has 0 spiro atoms. The first-order valence-electron chi connectivity index (χ1n) is 4.00. The van der Waals surface area contributed by atoms with Gasteiger partial charge in [0.15, 0.2) is 0 Å². The molecule has 2 unspecified atom stereocenters. The van der Waals surface area contributed by atoms with Crippen LogP contribution in [0.15, 0.2) is 17.4 Å². The zero-order valence-corrected chi connectivity index (χ0v) is 7.04. The number of nitrogens with zero attached hydrogens (tertiary/aromatic N) is 1. The van der Waals surface area contributed by atoms with Crippen LogP contribution in [0.1, 0.15) is 20.3 Å². The summed E-state index contributed by atoms with van der Waals surface area (Å²) >= 11 is 0. The third kappa shape index (κ3) is 1.80. The lowest BCUT2D eigenvalue weighted by Crippen LogP contribution is -2.45. The smallest absolute Gasteiger partial charge is 0.114 e. The quantitative estimate of drug-likeness (QED) is 0.617. The Morgan fingerprint density at radius 1 is 1.82 bits per heavy atom. The predicted octanol–water partition coefficient (Wildman–Crippen LogP) is 0.833. The molecule has 0 fully saturated rings. The van der Waals surface area contributed by atoms with Crippen LogP contribution >= 0.6 is 0 Å². The van der Waals surface area contributed by atoms with E-state index in [1.807, 2.05) is 0 Å². The van der Waals surface area contributed by atoms with Gasteiger partial charge in [0.05, 0.1) is 5.71 Å². The summed E-state index contributed by atoms with van der Waals surface area (Å²) in [6, 6.07) is 0. The second-order valence-corrected chi connectivity index (χ2v) is 2.82. The zero-order valence-electron chi connectivity index (χ0n) is 7.04. The van der Waals surface area contributed by atoms with Gasteiger partial charge in [-0.2, -0.15) is 0 Å². The highest BCUT2D eigenvalue weighted by atomic mass is 15.1. The van der Waals surface area contributed by atoms with Crippen LogP contribution in [0.2, 0.25) is 0 Å². The highest BCUT2D eigenvalue weighted by molar-refractivity contribution is 5.92. The van der Waals surface area contributed by atoms with Crippen LogP contribution in [-0.4, -0.2) is 11.9 Å². The molecule has 2 atom stereocenters. The van der Waals surface area contributed by atoms with Crippen molar-refractivity contribution in [3.05, 3.63) is 12.4 Å². The Morgan fingerprint density at radius 2 is 2.55 bits per heavy atom. The summed E-state index contributed by atoms with van der Waals surface area (Å²) in [5.41, 5.74) is 6.81. The van der Waals surface area contributed by atoms with Crippen LogP contribution in [0.5, 0.6) is 0 Å². The van der Waals surface area contributed by atoms with Gasteiger partial charge in [-0.1, -0.05) is 13.8 Å². The minimum Gasteiger partial charge on any atom is -0.370 e. The molecule has 3 N–H and O–H groups in total. The normalized spacial score (nSPS) is 25.7. The molecule has 0 radical (unpaired) electrons. The van der Waals surface area contributed by atoms with Crippen molar-refractivity contribution in [1.29, 1.82) is 0 Å². The topological polar surface area (TPSA) is 50.4 Å². The molecule has 0 bridgehead atoms. The van der Waals surface area contributed by atoms with E-state index in [-0.39, 0.29) is 6.17 Å². The van der Waals surface area contributed by atoms with Gasteiger partial charge < -0.3 is 11.1 Å². The Morgan fingerprint density at radius 3 is 3.09 bits per heavy atom. The fourth-order valence-electron chi connectivity index (χ4n) is 1.08. The fourth-order valence-corrected chi connectivity index (χ4v) is 1.08. The van der Waals surface area contributed by atoms with Crippen LogP contribution in [-0.2, 0) is 0 Å². The Kier molecular flexibility index (Phi) is 2.65. The summed E-state index contributed by atoms with van der Waals surface area (Å²) in [5, 5.41) is 3.01. The Balaban J connectivity index is 2.67. The number of hydrogen-bond donors (Lipinski definition) is 2. The summed E-state index contributed by atoms with van der Waals surface area (Å²) in [6.45, 7) is 4.28. The van der Waals surface area contributed by atoms with Crippen LogP contribution in [0, 0.1) is 5.92 Å². The van der Waals surface area contributed by atoms with E-state index in [9.17, 15) is 0 Å². The van der Waals surface area contributed by atoms with E-state index in [0.29, 0.717) is 5.92 Å². The predicted molar refractivity (Wildman–Crippen MR) is 47.1 cm³/mol. The number of rotatable bonds is 2. The second kappa shape index (κ2) is 3.53. The molecule has 1 aliphatic heterocycles. The maximum Gasteiger partial charge on any atom is 0.114 e. The van der Waals surface area contributed by atoms with Gasteiger partial charge in [-0.15, -0.1) is 0 Å². The first-order valence-corrected chi connectivity index (χ1v) is 4.00. The molecule has 0 aromatic carbocycles. The standard InChI is InChI=1S/C8H15N3/c1-3-6(2)7-8(9)11-5-4-10-7/h4-6,8,11H,3,9H2,1-2H3. The summed E-state index contributed by atoms with van der Waals surface area (Å²) < 4.78 is 0. The molecule has 1 rings (SSSR count). The SMILES string of the molecule is CCC(C)C1=NC=CNC1N.